The third kappa shape index (κ3) is 4.91. The van der Waals surface area contributed by atoms with Crippen LogP contribution in [0.4, 0.5) is 10.1 Å². The van der Waals surface area contributed by atoms with Crippen LogP contribution in [0.5, 0.6) is 5.75 Å². The van der Waals surface area contributed by atoms with E-state index in [-0.39, 0.29) is 12.4 Å². The summed E-state index contributed by atoms with van der Waals surface area (Å²) >= 11 is 1.71. The van der Waals surface area contributed by atoms with Crippen LogP contribution >= 0.6 is 11.3 Å². The van der Waals surface area contributed by atoms with Crippen molar-refractivity contribution in [2.45, 2.75) is 20.1 Å². The van der Waals surface area contributed by atoms with Gasteiger partial charge in [0.2, 0.25) is 0 Å². The van der Waals surface area contributed by atoms with Gasteiger partial charge in [-0.3, -0.25) is 0 Å². The molecule has 0 saturated heterocycles. The van der Waals surface area contributed by atoms with Gasteiger partial charge in [0, 0.05) is 28.9 Å². The maximum Gasteiger partial charge on any atom is 0.129 e. The normalized spacial score (nSPS) is 11.2. The van der Waals surface area contributed by atoms with Gasteiger partial charge in [0.15, 0.2) is 0 Å². The lowest BCUT2D eigenvalue weighted by Crippen LogP contribution is -2.05. The van der Waals surface area contributed by atoms with Gasteiger partial charge in [-0.1, -0.05) is 54.6 Å². The lowest BCUT2D eigenvalue weighted by atomic mass is 10.0. The molecule has 182 valence electrons. The van der Waals surface area contributed by atoms with E-state index in [2.05, 4.69) is 66.8 Å². The number of fused-ring (bicyclic) bond motifs is 2. The van der Waals surface area contributed by atoms with Crippen molar-refractivity contribution < 1.29 is 9.13 Å². The quantitative estimate of drug-likeness (QED) is 0.236. The lowest BCUT2D eigenvalue weighted by Gasteiger charge is -2.16. The highest BCUT2D eigenvalue weighted by Gasteiger charge is 2.11. The second-order valence-electron chi connectivity index (χ2n) is 9.06. The highest BCUT2D eigenvalue weighted by Crippen LogP contribution is 2.33. The van der Waals surface area contributed by atoms with Crippen molar-refractivity contribution in [3.05, 3.63) is 126 Å². The van der Waals surface area contributed by atoms with Crippen molar-refractivity contribution in [2.75, 3.05) is 5.32 Å². The summed E-state index contributed by atoms with van der Waals surface area (Å²) in [5.41, 5.74) is 5.96. The Morgan fingerprint density at radius 2 is 1.68 bits per heavy atom. The number of benzene rings is 5. The van der Waals surface area contributed by atoms with E-state index >= 15 is 0 Å². The van der Waals surface area contributed by atoms with Crippen molar-refractivity contribution in [1.29, 1.82) is 0 Å². The second-order valence-corrected chi connectivity index (χ2v) is 10.1. The van der Waals surface area contributed by atoms with E-state index in [0.717, 1.165) is 43.9 Å². The van der Waals surface area contributed by atoms with Crippen LogP contribution in [0, 0.1) is 12.7 Å². The highest BCUT2D eigenvalue weighted by atomic mass is 32.1. The van der Waals surface area contributed by atoms with E-state index in [1.165, 1.54) is 16.3 Å². The zero-order valence-electron chi connectivity index (χ0n) is 20.4. The number of aryl methyl sites for hydroxylation is 1. The molecule has 1 heterocycles. The Kier molecular flexibility index (Phi) is 6.29. The molecule has 1 N–H and O–H groups in total. The summed E-state index contributed by atoms with van der Waals surface area (Å²) in [6.45, 7) is 2.85. The first-order valence-corrected chi connectivity index (χ1v) is 13.0. The number of rotatable bonds is 7. The molecular weight excluding hydrogens is 479 g/mol. The Balaban J connectivity index is 1.23. The molecule has 0 bridgehead atoms. The first-order chi connectivity index (χ1) is 18.1. The molecular formula is C32H25FN2OS. The number of nitrogens with zero attached hydrogens (tertiary/aromatic N) is 1. The smallest absolute Gasteiger partial charge is 0.129 e. The van der Waals surface area contributed by atoms with Crippen LogP contribution in [0.1, 0.15) is 16.7 Å². The molecule has 0 aliphatic heterocycles. The molecule has 0 fully saturated rings. The SMILES string of the molecule is Cc1ccc2nc(-c3ccc(NCc4c(OCc5ccccc5F)ccc5ccccc45)cc3)sc2c1. The van der Waals surface area contributed by atoms with Gasteiger partial charge < -0.3 is 10.1 Å². The average Bonchev–Trinajstić information content (AvgIpc) is 3.35. The predicted octanol–water partition coefficient (Wildman–Crippen LogP) is 8.76. The predicted molar refractivity (Wildman–Crippen MR) is 152 cm³/mol. The summed E-state index contributed by atoms with van der Waals surface area (Å²) in [6.07, 6.45) is 0. The first-order valence-electron chi connectivity index (χ1n) is 12.2. The summed E-state index contributed by atoms with van der Waals surface area (Å²) in [7, 11) is 0. The van der Waals surface area contributed by atoms with Crippen LogP contribution in [0.3, 0.4) is 0 Å². The van der Waals surface area contributed by atoms with Crippen LogP contribution in [-0.2, 0) is 13.2 Å². The standard InChI is InChI=1S/C32H25FN2OS/c1-21-10-16-29-31(18-21)37-32(35-29)23-11-14-25(15-12-23)34-19-27-26-8-4-2-6-22(26)13-17-30(27)36-20-24-7-3-5-9-28(24)33/h2-18,34H,19-20H2,1H3. The van der Waals surface area contributed by atoms with Gasteiger partial charge in [-0.05, 0) is 71.8 Å². The second kappa shape index (κ2) is 10.0. The zero-order chi connectivity index (χ0) is 25.2. The van der Waals surface area contributed by atoms with E-state index in [1.54, 1.807) is 23.5 Å². The van der Waals surface area contributed by atoms with Gasteiger partial charge in [0.25, 0.3) is 0 Å². The van der Waals surface area contributed by atoms with Crippen molar-refractivity contribution in [3.8, 4) is 16.3 Å². The lowest BCUT2D eigenvalue weighted by molar-refractivity contribution is 0.297. The third-order valence-corrected chi connectivity index (χ3v) is 7.55. The summed E-state index contributed by atoms with van der Waals surface area (Å²) in [6, 6.07) is 33.7. The number of nitrogens with one attached hydrogen (secondary N) is 1. The molecule has 0 aliphatic carbocycles. The van der Waals surface area contributed by atoms with Crippen LogP contribution in [0.25, 0.3) is 31.6 Å². The van der Waals surface area contributed by atoms with E-state index in [9.17, 15) is 4.39 Å². The van der Waals surface area contributed by atoms with Crippen molar-refractivity contribution >= 4 is 38.0 Å². The molecule has 0 unspecified atom stereocenters. The van der Waals surface area contributed by atoms with Crippen LogP contribution in [0.2, 0.25) is 0 Å². The number of hydrogen-bond acceptors (Lipinski definition) is 4. The fourth-order valence-corrected chi connectivity index (χ4v) is 5.55. The molecule has 5 aromatic carbocycles. The van der Waals surface area contributed by atoms with Crippen molar-refractivity contribution in [2.24, 2.45) is 0 Å². The average molecular weight is 505 g/mol. The molecule has 6 rings (SSSR count). The Hall–Kier alpha value is -4.22. The van der Waals surface area contributed by atoms with E-state index < -0.39 is 0 Å². The Bertz CT molecular complexity index is 1710. The monoisotopic (exact) mass is 504 g/mol. The van der Waals surface area contributed by atoms with E-state index in [0.29, 0.717) is 12.1 Å². The molecule has 3 nitrogen and oxygen atoms in total. The largest absolute Gasteiger partial charge is 0.488 e. The van der Waals surface area contributed by atoms with Crippen molar-refractivity contribution in [3.63, 3.8) is 0 Å². The number of anilines is 1. The van der Waals surface area contributed by atoms with Crippen LogP contribution in [0.15, 0.2) is 103 Å². The minimum absolute atomic E-state index is 0.175. The zero-order valence-corrected chi connectivity index (χ0v) is 21.2. The summed E-state index contributed by atoms with van der Waals surface area (Å²) in [5, 5.41) is 6.81. The number of thiazole rings is 1. The summed E-state index contributed by atoms with van der Waals surface area (Å²) < 4.78 is 21.5. The van der Waals surface area contributed by atoms with Gasteiger partial charge in [0.1, 0.15) is 23.2 Å². The van der Waals surface area contributed by atoms with Gasteiger partial charge >= 0.3 is 0 Å². The summed E-state index contributed by atoms with van der Waals surface area (Å²) in [4.78, 5) is 4.80. The molecule has 6 aromatic rings. The highest BCUT2D eigenvalue weighted by molar-refractivity contribution is 7.21. The van der Waals surface area contributed by atoms with Gasteiger partial charge in [-0.15, -0.1) is 11.3 Å². The van der Waals surface area contributed by atoms with E-state index in [1.807, 2.05) is 30.3 Å². The van der Waals surface area contributed by atoms with Gasteiger partial charge in [-0.25, -0.2) is 9.37 Å². The topological polar surface area (TPSA) is 34.2 Å². The Labute approximate surface area is 219 Å². The molecule has 0 spiro atoms. The van der Waals surface area contributed by atoms with Crippen LogP contribution in [-0.4, -0.2) is 4.98 Å². The van der Waals surface area contributed by atoms with Gasteiger partial charge in [-0.2, -0.15) is 0 Å². The Morgan fingerprint density at radius 3 is 2.54 bits per heavy atom. The number of ether oxygens (including phenoxy) is 1. The number of aromatic nitrogens is 1. The molecule has 0 atom stereocenters. The maximum absolute atomic E-state index is 14.2. The van der Waals surface area contributed by atoms with Crippen molar-refractivity contribution in [1.82, 2.24) is 4.98 Å². The maximum atomic E-state index is 14.2. The molecule has 0 saturated carbocycles. The fourth-order valence-electron chi connectivity index (χ4n) is 4.48. The minimum atomic E-state index is -0.258. The number of hydrogen-bond donors (Lipinski definition) is 1. The molecule has 0 radical (unpaired) electrons. The minimum Gasteiger partial charge on any atom is -0.488 e. The third-order valence-electron chi connectivity index (χ3n) is 6.48. The molecule has 5 heteroatoms. The summed E-state index contributed by atoms with van der Waals surface area (Å²) in [5.74, 6) is 0.488. The fraction of sp³-hybridized carbons (Fsp3) is 0.0938. The molecule has 0 aliphatic rings. The molecule has 1 aromatic heterocycles. The Morgan fingerprint density at radius 1 is 0.865 bits per heavy atom. The molecule has 37 heavy (non-hydrogen) atoms. The van der Waals surface area contributed by atoms with E-state index in [4.69, 9.17) is 9.72 Å². The van der Waals surface area contributed by atoms with Gasteiger partial charge in [0.05, 0.1) is 10.2 Å². The van der Waals surface area contributed by atoms with Crippen LogP contribution < -0.4 is 10.1 Å². The first kappa shape index (κ1) is 23.2. The number of halogens is 1. The molecule has 0 amide bonds.